The highest BCUT2D eigenvalue weighted by atomic mass is 32.2. The van der Waals surface area contributed by atoms with Crippen molar-refractivity contribution in [2.75, 3.05) is 11.9 Å². The van der Waals surface area contributed by atoms with E-state index in [2.05, 4.69) is 19.5 Å². The van der Waals surface area contributed by atoms with E-state index in [-0.39, 0.29) is 46.2 Å². The number of nitrogens with one attached hydrogen (secondary N) is 1. The average Bonchev–Trinajstić information content (AvgIpc) is 3.45. The molecular weight excluding hydrogens is 500 g/mol. The molecule has 0 saturated heterocycles. The summed E-state index contributed by atoms with van der Waals surface area (Å²) < 4.78 is 57.7. The smallest absolute Gasteiger partial charge is 0.333 e. The summed E-state index contributed by atoms with van der Waals surface area (Å²) in [6.07, 6.45) is 1.04. The van der Waals surface area contributed by atoms with Gasteiger partial charge in [0.25, 0.3) is 0 Å². The molecule has 12 nitrogen and oxygen atoms in total. The van der Waals surface area contributed by atoms with Gasteiger partial charge < -0.3 is 19.9 Å². The first-order chi connectivity index (χ1) is 16.5. The van der Waals surface area contributed by atoms with Crippen molar-refractivity contribution in [1.29, 1.82) is 0 Å². The summed E-state index contributed by atoms with van der Waals surface area (Å²) in [6, 6.07) is 10.1. The number of hydrogen-bond acceptors (Lipinski definition) is 11. The molecule has 4 rings (SSSR count). The first kappa shape index (κ1) is 25.2. The van der Waals surface area contributed by atoms with Crippen molar-refractivity contribution in [3.05, 3.63) is 66.3 Å². The number of hydrogen-bond donors (Lipinski definition) is 4. The SMILES string of the molecule is NS(=O)(=O)OC[C@H]1C[C@@H](Nc2ncncc2C(O)c2ccc(S(=O)(=O)c3ccccc3)o2)C[C@@H]1O. The van der Waals surface area contributed by atoms with Crippen LogP contribution in [0.2, 0.25) is 0 Å². The quantitative estimate of drug-likeness (QED) is 0.308. The van der Waals surface area contributed by atoms with Crippen LogP contribution in [-0.2, 0) is 24.3 Å². The first-order valence-corrected chi connectivity index (χ1v) is 13.5. The van der Waals surface area contributed by atoms with Crippen molar-refractivity contribution in [2.45, 2.75) is 41.1 Å². The van der Waals surface area contributed by atoms with Gasteiger partial charge in [-0.05, 0) is 37.1 Å². The van der Waals surface area contributed by atoms with E-state index < -0.39 is 38.3 Å². The second kappa shape index (κ2) is 10.0. The van der Waals surface area contributed by atoms with Crippen LogP contribution in [0.25, 0.3) is 0 Å². The summed E-state index contributed by atoms with van der Waals surface area (Å²) >= 11 is 0. The Balaban J connectivity index is 1.50. The molecule has 2 heterocycles. The second-order valence-corrected chi connectivity index (χ2v) is 11.2. The van der Waals surface area contributed by atoms with Crippen molar-refractivity contribution in [3.8, 4) is 0 Å². The predicted molar refractivity (Wildman–Crippen MR) is 122 cm³/mol. The molecule has 1 unspecified atom stereocenters. The number of sulfone groups is 1. The van der Waals surface area contributed by atoms with Gasteiger partial charge in [-0.3, -0.25) is 4.18 Å². The summed E-state index contributed by atoms with van der Waals surface area (Å²) in [4.78, 5) is 8.15. The number of nitrogens with two attached hydrogens (primary N) is 1. The Labute approximate surface area is 202 Å². The minimum atomic E-state index is -4.12. The summed E-state index contributed by atoms with van der Waals surface area (Å²) in [6.45, 7) is -0.261. The molecule has 3 aromatic rings. The van der Waals surface area contributed by atoms with E-state index in [9.17, 15) is 27.0 Å². The standard InChI is InChI=1S/C21H24N4O8S2/c22-35(30,31)32-11-13-8-14(9-17(13)26)25-21-16(10-23-12-24-21)20(27)18-6-7-19(33-18)34(28,29)15-4-2-1-3-5-15/h1-7,10,12-14,17,20,26-27H,8-9,11H2,(H2,22,30,31)(H,23,24,25)/t13-,14-,17+,20?/m1/s1. The number of furan rings is 1. The lowest BCUT2D eigenvalue weighted by atomic mass is 10.1. The lowest BCUT2D eigenvalue weighted by Crippen LogP contribution is -2.24. The second-order valence-electron chi connectivity index (χ2n) is 8.12. The van der Waals surface area contributed by atoms with Crippen LogP contribution in [0.4, 0.5) is 5.82 Å². The van der Waals surface area contributed by atoms with Crippen LogP contribution in [0.15, 0.2) is 69.4 Å². The van der Waals surface area contributed by atoms with E-state index in [0.717, 1.165) is 0 Å². The van der Waals surface area contributed by atoms with Crippen LogP contribution < -0.4 is 10.5 Å². The van der Waals surface area contributed by atoms with Crippen LogP contribution in [0.5, 0.6) is 0 Å². The number of aromatic nitrogens is 2. The van der Waals surface area contributed by atoms with E-state index in [1.807, 2.05) is 0 Å². The highest BCUT2D eigenvalue weighted by Gasteiger charge is 2.35. The van der Waals surface area contributed by atoms with E-state index in [0.29, 0.717) is 6.42 Å². The molecule has 1 fully saturated rings. The fourth-order valence-corrected chi connectivity index (χ4v) is 5.50. The third-order valence-corrected chi connectivity index (χ3v) is 7.78. The number of aliphatic hydroxyl groups excluding tert-OH is 2. The number of anilines is 1. The van der Waals surface area contributed by atoms with E-state index in [4.69, 9.17) is 9.56 Å². The molecule has 1 aliphatic rings. The van der Waals surface area contributed by atoms with E-state index in [1.165, 1.54) is 36.8 Å². The number of aliphatic hydroxyl groups is 2. The summed E-state index contributed by atoms with van der Waals surface area (Å²) in [5.74, 6) is -0.248. The maximum atomic E-state index is 12.8. The molecule has 0 bridgehead atoms. The molecule has 4 atom stereocenters. The molecule has 0 aliphatic heterocycles. The molecule has 1 aliphatic carbocycles. The Kier molecular flexibility index (Phi) is 7.21. The largest absolute Gasteiger partial charge is 0.446 e. The van der Waals surface area contributed by atoms with Crippen LogP contribution in [0.3, 0.4) is 0 Å². The molecule has 35 heavy (non-hydrogen) atoms. The van der Waals surface area contributed by atoms with Crippen molar-refractivity contribution < 1.29 is 35.6 Å². The molecule has 1 aromatic carbocycles. The zero-order valence-electron chi connectivity index (χ0n) is 18.3. The van der Waals surface area contributed by atoms with Crippen molar-refractivity contribution in [3.63, 3.8) is 0 Å². The molecule has 0 spiro atoms. The Morgan fingerprint density at radius 3 is 2.60 bits per heavy atom. The van der Waals surface area contributed by atoms with Crippen LogP contribution in [0.1, 0.15) is 30.3 Å². The van der Waals surface area contributed by atoms with Gasteiger partial charge in [-0.15, -0.1) is 0 Å². The number of benzene rings is 1. The van der Waals surface area contributed by atoms with Gasteiger partial charge in [-0.25, -0.2) is 23.5 Å². The third kappa shape index (κ3) is 5.86. The number of nitrogens with zero attached hydrogens (tertiary/aromatic N) is 2. The Morgan fingerprint density at radius 2 is 1.89 bits per heavy atom. The minimum absolute atomic E-state index is 0.0248. The van der Waals surface area contributed by atoms with Gasteiger partial charge in [-0.1, -0.05) is 18.2 Å². The lowest BCUT2D eigenvalue weighted by molar-refractivity contribution is 0.101. The highest BCUT2D eigenvalue weighted by Crippen LogP contribution is 2.33. The van der Waals surface area contributed by atoms with E-state index >= 15 is 0 Å². The molecule has 2 aromatic heterocycles. The fourth-order valence-electron chi connectivity index (χ4n) is 3.93. The Hall–Kier alpha value is -2.88. The fraction of sp³-hybridized carbons (Fsp3) is 0.333. The molecule has 188 valence electrons. The summed E-state index contributed by atoms with van der Waals surface area (Å²) in [7, 11) is -8.03. The van der Waals surface area contributed by atoms with Crippen LogP contribution in [-0.4, -0.2) is 55.8 Å². The molecule has 5 N–H and O–H groups in total. The molecule has 14 heteroatoms. The average molecular weight is 525 g/mol. The Bertz CT molecular complexity index is 1380. The van der Waals surface area contributed by atoms with Gasteiger partial charge in [0.1, 0.15) is 24.0 Å². The van der Waals surface area contributed by atoms with E-state index in [1.54, 1.807) is 18.2 Å². The third-order valence-electron chi connectivity index (χ3n) is 5.67. The van der Waals surface area contributed by atoms with Crippen molar-refractivity contribution in [1.82, 2.24) is 9.97 Å². The first-order valence-electron chi connectivity index (χ1n) is 10.5. The van der Waals surface area contributed by atoms with Gasteiger partial charge in [-0.2, -0.15) is 8.42 Å². The molecule has 0 amide bonds. The maximum absolute atomic E-state index is 12.8. The number of rotatable bonds is 9. The zero-order chi connectivity index (χ0) is 25.2. The predicted octanol–water partition coefficient (Wildman–Crippen LogP) is 0.756. The van der Waals surface area contributed by atoms with Crippen molar-refractivity contribution >= 4 is 26.0 Å². The topological polar surface area (TPSA) is 195 Å². The minimum Gasteiger partial charge on any atom is -0.446 e. The molecule has 1 saturated carbocycles. The van der Waals surface area contributed by atoms with Crippen LogP contribution in [0, 0.1) is 5.92 Å². The summed E-state index contributed by atoms with van der Waals surface area (Å²) in [5.41, 5.74) is 0.226. The van der Waals surface area contributed by atoms with Gasteiger partial charge >= 0.3 is 10.3 Å². The highest BCUT2D eigenvalue weighted by molar-refractivity contribution is 7.91. The van der Waals surface area contributed by atoms with Gasteiger partial charge in [0.2, 0.25) is 14.9 Å². The summed E-state index contributed by atoms with van der Waals surface area (Å²) in [5, 5.41) is 28.8. The monoisotopic (exact) mass is 524 g/mol. The maximum Gasteiger partial charge on any atom is 0.333 e. The normalized spacial score (nSPS) is 21.6. The molecule has 0 radical (unpaired) electrons. The van der Waals surface area contributed by atoms with Gasteiger partial charge in [0.05, 0.1) is 17.6 Å². The lowest BCUT2D eigenvalue weighted by Gasteiger charge is -2.18. The van der Waals surface area contributed by atoms with Gasteiger partial charge in [0, 0.05) is 23.7 Å². The zero-order valence-corrected chi connectivity index (χ0v) is 19.9. The van der Waals surface area contributed by atoms with Crippen LogP contribution >= 0.6 is 0 Å². The van der Waals surface area contributed by atoms with Gasteiger partial charge in [0.15, 0.2) is 0 Å². The van der Waals surface area contributed by atoms with Crippen molar-refractivity contribution in [2.24, 2.45) is 11.1 Å². The Morgan fingerprint density at radius 1 is 1.14 bits per heavy atom. The molecular formula is C21H24N4O8S2.